The summed E-state index contributed by atoms with van der Waals surface area (Å²) < 4.78 is 10.2. The van der Waals surface area contributed by atoms with E-state index in [1.165, 1.54) is 26.4 Å². The van der Waals surface area contributed by atoms with Crippen molar-refractivity contribution in [1.29, 1.82) is 0 Å². The molecular formula is C14H13N3O4. The molecule has 0 fully saturated rings. The van der Waals surface area contributed by atoms with E-state index in [0.29, 0.717) is 11.4 Å². The van der Waals surface area contributed by atoms with Gasteiger partial charge in [0.1, 0.15) is 11.4 Å². The van der Waals surface area contributed by atoms with Crippen LogP contribution in [0, 0.1) is 10.1 Å². The Balaban J connectivity index is 2.47. The predicted molar refractivity (Wildman–Crippen MR) is 76.8 cm³/mol. The largest absolute Gasteiger partial charge is 0.494 e. The Morgan fingerprint density at radius 1 is 0.952 bits per heavy atom. The number of methoxy groups -OCH3 is 2. The summed E-state index contributed by atoms with van der Waals surface area (Å²) in [5.74, 6) is 0.807. The van der Waals surface area contributed by atoms with Crippen LogP contribution in [0.1, 0.15) is 0 Å². The van der Waals surface area contributed by atoms with E-state index in [-0.39, 0.29) is 17.1 Å². The average Bonchev–Trinajstić information content (AvgIpc) is 2.52. The van der Waals surface area contributed by atoms with Gasteiger partial charge in [-0.3, -0.25) is 10.1 Å². The zero-order valence-corrected chi connectivity index (χ0v) is 11.5. The van der Waals surface area contributed by atoms with Crippen LogP contribution in [-0.4, -0.2) is 19.1 Å². The van der Waals surface area contributed by atoms with Crippen LogP contribution in [-0.2, 0) is 0 Å². The highest BCUT2D eigenvalue weighted by molar-refractivity contribution is 5.66. The number of nitro groups is 1. The summed E-state index contributed by atoms with van der Waals surface area (Å²) in [5.41, 5.74) is 0.365. The van der Waals surface area contributed by atoms with Crippen LogP contribution in [0.5, 0.6) is 11.5 Å². The van der Waals surface area contributed by atoms with Crippen molar-refractivity contribution in [2.24, 2.45) is 10.2 Å². The van der Waals surface area contributed by atoms with E-state index in [1.807, 2.05) is 0 Å². The van der Waals surface area contributed by atoms with Gasteiger partial charge < -0.3 is 9.47 Å². The number of ether oxygens (including phenoxy) is 2. The van der Waals surface area contributed by atoms with Crippen molar-refractivity contribution in [3.05, 3.63) is 52.6 Å². The fourth-order valence-electron chi connectivity index (χ4n) is 1.74. The van der Waals surface area contributed by atoms with E-state index < -0.39 is 4.92 Å². The second-order valence-corrected chi connectivity index (χ2v) is 3.96. The summed E-state index contributed by atoms with van der Waals surface area (Å²) in [7, 11) is 2.93. The molecule has 7 heteroatoms. The van der Waals surface area contributed by atoms with E-state index in [9.17, 15) is 10.1 Å². The first-order valence-corrected chi connectivity index (χ1v) is 6.03. The van der Waals surface area contributed by atoms with Gasteiger partial charge in [0.25, 0.3) is 0 Å². The van der Waals surface area contributed by atoms with Crippen LogP contribution in [0.2, 0.25) is 0 Å². The Morgan fingerprint density at radius 2 is 1.62 bits per heavy atom. The molecule has 0 aliphatic heterocycles. The molecule has 0 bridgehead atoms. The third kappa shape index (κ3) is 3.14. The number of hydrogen-bond donors (Lipinski definition) is 0. The number of nitro benzene ring substituents is 1. The second kappa shape index (κ2) is 6.47. The Morgan fingerprint density at radius 3 is 2.29 bits per heavy atom. The highest BCUT2D eigenvalue weighted by Gasteiger charge is 2.18. The zero-order valence-electron chi connectivity index (χ0n) is 11.5. The third-order valence-electron chi connectivity index (χ3n) is 2.74. The van der Waals surface area contributed by atoms with Gasteiger partial charge in [-0.25, -0.2) is 0 Å². The summed E-state index contributed by atoms with van der Waals surface area (Å²) in [5, 5.41) is 19.0. The van der Waals surface area contributed by atoms with Crippen molar-refractivity contribution < 1.29 is 14.4 Å². The van der Waals surface area contributed by atoms with E-state index in [2.05, 4.69) is 10.2 Å². The van der Waals surface area contributed by atoms with Crippen LogP contribution in [0.15, 0.2) is 52.7 Å². The lowest BCUT2D eigenvalue weighted by Gasteiger charge is -2.04. The van der Waals surface area contributed by atoms with E-state index in [4.69, 9.17) is 9.47 Å². The Kier molecular flexibility index (Phi) is 4.45. The fourth-order valence-corrected chi connectivity index (χ4v) is 1.74. The maximum absolute atomic E-state index is 11.0. The smallest absolute Gasteiger partial charge is 0.300 e. The lowest BCUT2D eigenvalue weighted by Crippen LogP contribution is -1.91. The van der Waals surface area contributed by atoms with Gasteiger partial charge >= 0.3 is 5.69 Å². The standard InChI is InChI=1S/C14H13N3O4/c1-20-12-8-4-3-6-10(12)15-16-14-11(17(18)19)7-5-9-13(14)21-2/h3-9H,1-2H3. The molecule has 108 valence electrons. The van der Waals surface area contributed by atoms with E-state index in [1.54, 1.807) is 30.3 Å². The van der Waals surface area contributed by atoms with Crippen LogP contribution in [0.4, 0.5) is 17.1 Å². The average molecular weight is 287 g/mol. The Labute approximate surface area is 121 Å². The van der Waals surface area contributed by atoms with Crippen molar-refractivity contribution in [3.8, 4) is 11.5 Å². The topological polar surface area (TPSA) is 86.3 Å². The van der Waals surface area contributed by atoms with E-state index >= 15 is 0 Å². The highest BCUT2D eigenvalue weighted by atomic mass is 16.6. The quantitative estimate of drug-likeness (QED) is 0.472. The van der Waals surface area contributed by atoms with Crippen molar-refractivity contribution in [1.82, 2.24) is 0 Å². The maximum Gasteiger partial charge on any atom is 0.300 e. The van der Waals surface area contributed by atoms with Crippen LogP contribution in [0.25, 0.3) is 0 Å². The molecule has 0 aliphatic rings. The van der Waals surface area contributed by atoms with Gasteiger partial charge in [0.05, 0.1) is 19.1 Å². The molecule has 0 unspecified atom stereocenters. The number of azo groups is 1. The first-order valence-electron chi connectivity index (χ1n) is 6.03. The molecule has 2 aromatic carbocycles. The van der Waals surface area contributed by atoms with Gasteiger partial charge in [0.2, 0.25) is 5.69 Å². The normalized spacial score (nSPS) is 10.6. The number of para-hydroxylation sites is 1. The number of hydrogen-bond acceptors (Lipinski definition) is 6. The Bertz CT molecular complexity index is 686. The highest BCUT2D eigenvalue weighted by Crippen LogP contribution is 2.38. The number of benzene rings is 2. The van der Waals surface area contributed by atoms with Crippen molar-refractivity contribution in [2.75, 3.05) is 14.2 Å². The predicted octanol–water partition coefficient (Wildman–Crippen LogP) is 4.03. The molecule has 0 spiro atoms. The number of nitrogens with zero attached hydrogens (tertiary/aromatic N) is 3. The van der Waals surface area contributed by atoms with Gasteiger partial charge in [0, 0.05) is 6.07 Å². The van der Waals surface area contributed by atoms with Gasteiger partial charge in [0.15, 0.2) is 5.75 Å². The molecule has 2 aromatic rings. The maximum atomic E-state index is 11.0. The molecule has 21 heavy (non-hydrogen) atoms. The van der Waals surface area contributed by atoms with Gasteiger partial charge in [-0.05, 0) is 18.2 Å². The summed E-state index contributed by atoms with van der Waals surface area (Å²) >= 11 is 0. The lowest BCUT2D eigenvalue weighted by molar-refractivity contribution is -0.384. The summed E-state index contributed by atoms with van der Waals surface area (Å²) in [4.78, 5) is 10.5. The van der Waals surface area contributed by atoms with Gasteiger partial charge in [-0.1, -0.05) is 18.2 Å². The monoisotopic (exact) mass is 287 g/mol. The summed E-state index contributed by atoms with van der Waals surface area (Å²) in [6.45, 7) is 0. The van der Waals surface area contributed by atoms with Crippen LogP contribution >= 0.6 is 0 Å². The summed E-state index contributed by atoms with van der Waals surface area (Å²) in [6, 6.07) is 11.5. The molecule has 7 nitrogen and oxygen atoms in total. The first-order chi connectivity index (χ1) is 10.2. The molecule has 0 aliphatic carbocycles. The van der Waals surface area contributed by atoms with Crippen molar-refractivity contribution in [3.63, 3.8) is 0 Å². The van der Waals surface area contributed by atoms with Gasteiger partial charge in [-0.2, -0.15) is 0 Å². The molecular weight excluding hydrogens is 274 g/mol. The van der Waals surface area contributed by atoms with Gasteiger partial charge in [-0.15, -0.1) is 10.2 Å². The fraction of sp³-hybridized carbons (Fsp3) is 0.143. The molecule has 0 saturated carbocycles. The Hall–Kier alpha value is -2.96. The van der Waals surface area contributed by atoms with Crippen LogP contribution in [0.3, 0.4) is 0 Å². The molecule has 0 N–H and O–H groups in total. The third-order valence-corrected chi connectivity index (χ3v) is 2.74. The molecule has 0 saturated heterocycles. The zero-order chi connectivity index (χ0) is 15.2. The minimum atomic E-state index is -0.529. The molecule has 0 radical (unpaired) electrons. The molecule has 0 heterocycles. The minimum Gasteiger partial charge on any atom is -0.494 e. The molecule has 0 amide bonds. The SMILES string of the molecule is COc1ccccc1N=Nc1c(OC)cccc1[N+](=O)[O-]. The molecule has 0 atom stereocenters. The lowest BCUT2D eigenvalue weighted by atomic mass is 10.2. The van der Waals surface area contributed by atoms with Crippen LogP contribution < -0.4 is 9.47 Å². The molecule has 0 aromatic heterocycles. The summed E-state index contributed by atoms with van der Waals surface area (Å²) in [6.07, 6.45) is 0. The first kappa shape index (κ1) is 14.4. The van der Waals surface area contributed by atoms with Crippen molar-refractivity contribution >= 4 is 17.1 Å². The second-order valence-electron chi connectivity index (χ2n) is 3.96. The number of rotatable bonds is 5. The minimum absolute atomic E-state index is 0.0657. The van der Waals surface area contributed by atoms with Crippen molar-refractivity contribution in [2.45, 2.75) is 0 Å². The van der Waals surface area contributed by atoms with E-state index in [0.717, 1.165) is 0 Å². The molecule has 2 rings (SSSR count).